The molecule has 0 saturated carbocycles. The molecule has 0 radical (unpaired) electrons. The molecular formula is C18H18N2O4. The van der Waals surface area contributed by atoms with E-state index in [1.165, 1.54) is 12.1 Å². The minimum absolute atomic E-state index is 0.0603. The fraction of sp³-hybridized carbons (Fsp3) is 0.278. The van der Waals surface area contributed by atoms with Crippen LogP contribution in [0.3, 0.4) is 0 Å². The van der Waals surface area contributed by atoms with E-state index in [2.05, 4.69) is 0 Å². The fourth-order valence-corrected chi connectivity index (χ4v) is 2.81. The van der Waals surface area contributed by atoms with E-state index in [1.807, 2.05) is 38.1 Å². The lowest BCUT2D eigenvalue weighted by Gasteiger charge is -2.34. The van der Waals surface area contributed by atoms with Gasteiger partial charge in [0.05, 0.1) is 17.2 Å². The van der Waals surface area contributed by atoms with Gasteiger partial charge in [0.25, 0.3) is 11.6 Å². The molecule has 1 amide bonds. The van der Waals surface area contributed by atoms with Gasteiger partial charge in [0.2, 0.25) is 0 Å². The second-order valence-electron chi connectivity index (χ2n) is 5.77. The van der Waals surface area contributed by atoms with Crippen molar-refractivity contribution in [1.82, 2.24) is 0 Å². The number of non-ortho nitro benzene ring substituents is 1. The molecule has 0 N–H and O–H groups in total. The number of nitro benzene ring substituents is 1. The van der Waals surface area contributed by atoms with Gasteiger partial charge in [-0.1, -0.05) is 31.2 Å². The lowest BCUT2D eigenvalue weighted by atomic mass is 10.1. The number of benzene rings is 2. The Morgan fingerprint density at radius 2 is 2.00 bits per heavy atom. The van der Waals surface area contributed by atoms with E-state index in [1.54, 1.807) is 11.0 Å². The first kappa shape index (κ1) is 16.0. The number of carbonyl (C=O) groups excluding carboxylic acids is 1. The second kappa shape index (κ2) is 6.31. The summed E-state index contributed by atoms with van der Waals surface area (Å²) in [4.78, 5) is 24.9. The molecule has 6 heteroatoms. The molecule has 3 rings (SSSR count). The predicted octanol–water partition coefficient (Wildman–Crippen LogP) is 3.61. The minimum atomic E-state index is -0.567. The summed E-state index contributed by atoms with van der Waals surface area (Å²) in [7, 11) is 0. The van der Waals surface area contributed by atoms with Gasteiger partial charge >= 0.3 is 0 Å². The Balaban J connectivity index is 2.06. The third-order valence-corrected chi connectivity index (χ3v) is 4.22. The minimum Gasteiger partial charge on any atom is -0.478 e. The van der Waals surface area contributed by atoms with Gasteiger partial charge in [-0.25, -0.2) is 0 Å². The largest absolute Gasteiger partial charge is 0.478 e. The third-order valence-electron chi connectivity index (χ3n) is 4.22. The Labute approximate surface area is 139 Å². The van der Waals surface area contributed by atoms with Crippen molar-refractivity contribution in [2.24, 2.45) is 0 Å². The summed E-state index contributed by atoms with van der Waals surface area (Å²) in [5, 5.41) is 11.1. The van der Waals surface area contributed by atoms with Crippen LogP contribution in [0.25, 0.3) is 0 Å². The maximum atomic E-state index is 12.7. The van der Waals surface area contributed by atoms with Crippen LogP contribution >= 0.6 is 0 Å². The number of aryl methyl sites for hydroxylation is 1. The van der Waals surface area contributed by atoms with Gasteiger partial charge in [-0.2, -0.15) is 0 Å². The maximum Gasteiger partial charge on any atom is 0.271 e. The quantitative estimate of drug-likeness (QED) is 0.635. The zero-order valence-electron chi connectivity index (χ0n) is 13.6. The lowest BCUT2D eigenvalue weighted by Crippen LogP contribution is -2.45. The molecule has 0 saturated heterocycles. The highest BCUT2D eigenvalue weighted by Gasteiger charge is 2.34. The summed E-state index contributed by atoms with van der Waals surface area (Å²) in [5.41, 5.74) is 2.45. The van der Waals surface area contributed by atoms with Gasteiger partial charge in [-0.05, 0) is 30.5 Å². The third kappa shape index (κ3) is 2.82. The van der Waals surface area contributed by atoms with E-state index in [0.717, 1.165) is 11.1 Å². The van der Waals surface area contributed by atoms with Crippen molar-refractivity contribution < 1.29 is 14.5 Å². The molecular weight excluding hydrogens is 308 g/mol. The molecule has 1 atom stereocenters. The summed E-state index contributed by atoms with van der Waals surface area (Å²) < 4.78 is 5.71. The fourth-order valence-electron chi connectivity index (χ4n) is 2.81. The lowest BCUT2D eigenvalue weighted by molar-refractivity contribution is -0.384. The van der Waals surface area contributed by atoms with Crippen LogP contribution in [0.2, 0.25) is 0 Å². The zero-order valence-corrected chi connectivity index (χ0v) is 13.6. The molecule has 2 aromatic carbocycles. The van der Waals surface area contributed by atoms with Crippen molar-refractivity contribution in [3.63, 3.8) is 0 Å². The van der Waals surface area contributed by atoms with Crippen molar-refractivity contribution in [3.05, 3.63) is 63.7 Å². The van der Waals surface area contributed by atoms with E-state index < -0.39 is 11.0 Å². The number of amides is 1. The smallest absolute Gasteiger partial charge is 0.271 e. The van der Waals surface area contributed by atoms with Crippen molar-refractivity contribution in [1.29, 1.82) is 0 Å². The highest BCUT2D eigenvalue weighted by Crippen LogP contribution is 2.38. The standard InChI is InChI=1S/C18H18N2O4/c1-3-16-18(21)19(11-13-7-5-4-6-12(13)2)15-10-14(20(22)23)8-9-17(15)24-16/h4-10,16H,3,11H2,1-2H3. The van der Waals surface area contributed by atoms with Crippen LogP contribution in [0.4, 0.5) is 11.4 Å². The summed E-state index contributed by atoms with van der Waals surface area (Å²) in [5.74, 6) is 0.328. The van der Waals surface area contributed by atoms with Crippen molar-refractivity contribution in [3.8, 4) is 5.75 Å². The predicted molar refractivity (Wildman–Crippen MR) is 90.2 cm³/mol. The van der Waals surface area contributed by atoms with Crippen molar-refractivity contribution in [2.45, 2.75) is 32.9 Å². The number of fused-ring (bicyclic) bond motifs is 1. The molecule has 0 aromatic heterocycles. The van der Waals surface area contributed by atoms with Gasteiger partial charge in [-0.15, -0.1) is 0 Å². The Kier molecular flexibility index (Phi) is 4.20. The Morgan fingerprint density at radius 1 is 1.25 bits per heavy atom. The van der Waals surface area contributed by atoms with Crippen LogP contribution in [-0.2, 0) is 11.3 Å². The monoisotopic (exact) mass is 326 g/mol. The maximum absolute atomic E-state index is 12.7. The van der Waals surface area contributed by atoms with Crippen LogP contribution in [0.1, 0.15) is 24.5 Å². The molecule has 0 spiro atoms. The molecule has 2 aromatic rings. The normalized spacial score (nSPS) is 16.5. The van der Waals surface area contributed by atoms with Crippen LogP contribution in [0.5, 0.6) is 5.75 Å². The Hall–Kier alpha value is -2.89. The summed E-state index contributed by atoms with van der Waals surface area (Å²) in [6.07, 6.45) is -0.0255. The van der Waals surface area contributed by atoms with E-state index in [-0.39, 0.29) is 11.6 Å². The number of hydrogen-bond donors (Lipinski definition) is 0. The van der Waals surface area contributed by atoms with Gasteiger partial charge in [0.15, 0.2) is 6.10 Å². The first-order valence-corrected chi connectivity index (χ1v) is 7.82. The molecule has 1 aliphatic rings. The van der Waals surface area contributed by atoms with Crippen LogP contribution in [-0.4, -0.2) is 16.9 Å². The molecule has 0 bridgehead atoms. The van der Waals surface area contributed by atoms with E-state index in [9.17, 15) is 14.9 Å². The molecule has 24 heavy (non-hydrogen) atoms. The molecule has 1 unspecified atom stereocenters. The molecule has 6 nitrogen and oxygen atoms in total. The Bertz CT molecular complexity index is 803. The summed E-state index contributed by atoms with van der Waals surface area (Å²) in [6, 6.07) is 12.1. The number of nitro groups is 1. The number of rotatable bonds is 4. The number of carbonyl (C=O) groups is 1. The van der Waals surface area contributed by atoms with Gasteiger partial charge in [0.1, 0.15) is 5.75 Å². The van der Waals surface area contributed by atoms with Crippen molar-refractivity contribution in [2.75, 3.05) is 4.90 Å². The van der Waals surface area contributed by atoms with Crippen LogP contribution in [0, 0.1) is 17.0 Å². The number of anilines is 1. The van der Waals surface area contributed by atoms with Crippen molar-refractivity contribution >= 4 is 17.3 Å². The first-order chi connectivity index (χ1) is 11.5. The molecule has 0 aliphatic carbocycles. The topological polar surface area (TPSA) is 72.7 Å². The summed E-state index contributed by atoms with van der Waals surface area (Å²) >= 11 is 0. The van der Waals surface area contributed by atoms with E-state index in [0.29, 0.717) is 24.4 Å². The second-order valence-corrected chi connectivity index (χ2v) is 5.77. The zero-order chi connectivity index (χ0) is 17.3. The molecule has 1 aliphatic heterocycles. The van der Waals surface area contributed by atoms with Crippen LogP contribution < -0.4 is 9.64 Å². The highest BCUT2D eigenvalue weighted by molar-refractivity contribution is 6.00. The number of nitrogens with zero attached hydrogens (tertiary/aromatic N) is 2. The first-order valence-electron chi connectivity index (χ1n) is 7.82. The van der Waals surface area contributed by atoms with Gasteiger partial charge in [0, 0.05) is 12.1 Å². The number of ether oxygens (including phenoxy) is 1. The molecule has 1 heterocycles. The molecule has 124 valence electrons. The Morgan fingerprint density at radius 3 is 2.67 bits per heavy atom. The van der Waals surface area contributed by atoms with E-state index in [4.69, 9.17) is 4.74 Å². The van der Waals surface area contributed by atoms with Crippen LogP contribution in [0.15, 0.2) is 42.5 Å². The summed E-state index contributed by atoms with van der Waals surface area (Å²) in [6.45, 7) is 4.22. The number of hydrogen-bond acceptors (Lipinski definition) is 4. The van der Waals surface area contributed by atoms with Gasteiger partial charge < -0.3 is 9.64 Å². The highest BCUT2D eigenvalue weighted by atomic mass is 16.6. The van der Waals surface area contributed by atoms with Gasteiger partial charge in [-0.3, -0.25) is 14.9 Å². The molecule has 0 fully saturated rings. The average Bonchev–Trinajstić information content (AvgIpc) is 2.58. The SMILES string of the molecule is CCC1Oc2ccc([N+](=O)[O-])cc2N(Cc2ccccc2C)C1=O. The average molecular weight is 326 g/mol. The van der Waals surface area contributed by atoms with E-state index >= 15 is 0 Å².